The summed E-state index contributed by atoms with van der Waals surface area (Å²) in [5.74, 6) is -0.0255. The molecular formula is C12H18N2O. The SMILES string of the molecule is CNC(=O)CC(N)c1ccc(C)cc1C. The molecule has 0 saturated carbocycles. The minimum Gasteiger partial charge on any atom is -0.359 e. The number of hydrogen-bond donors (Lipinski definition) is 2. The summed E-state index contributed by atoms with van der Waals surface area (Å²) in [5.41, 5.74) is 9.36. The highest BCUT2D eigenvalue weighted by Crippen LogP contribution is 2.19. The lowest BCUT2D eigenvalue weighted by atomic mass is 9.97. The lowest BCUT2D eigenvalue weighted by Crippen LogP contribution is -2.24. The van der Waals surface area contributed by atoms with Gasteiger partial charge in [-0.3, -0.25) is 4.79 Å². The number of benzene rings is 1. The van der Waals surface area contributed by atoms with E-state index in [0.717, 1.165) is 11.1 Å². The van der Waals surface area contributed by atoms with Crippen molar-refractivity contribution in [1.82, 2.24) is 5.32 Å². The zero-order chi connectivity index (χ0) is 11.4. The van der Waals surface area contributed by atoms with E-state index in [9.17, 15) is 4.79 Å². The van der Waals surface area contributed by atoms with E-state index in [4.69, 9.17) is 5.73 Å². The van der Waals surface area contributed by atoms with Crippen molar-refractivity contribution in [2.75, 3.05) is 7.05 Å². The standard InChI is InChI=1S/C12H18N2O/c1-8-4-5-10(9(2)6-8)11(13)7-12(15)14-3/h4-6,11H,7,13H2,1-3H3,(H,14,15). The van der Waals surface area contributed by atoms with Gasteiger partial charge in [-0.25, -0.2) is 0 Å². The van der Waals surface area contributed by atoms with Crippen molar-refractivity contribution < 1.29 is 4.79 Å². The van der Waals surface area contributed by atoms with Crippen LogP contribution in [-0.2, 0) is 4.79 Å². The minimum absolute atomic E-state index is 0.0255. The van der Waals surface area contributed by atoms with Gasteiger partial charge in [0.25, 0.3) is 0 Å². The average Bonchev–Trinajstić information content (AvgIpc) is 2.17. The van der Waals surface area contributed by atoms with Crippen molar-refractivity contribution in [3.63, 3.8) is 0 Å². The Balaban J connectivity index is 2.82. The van der Waals surface area contributed by atoms with Gasteiger partial charge in [0.05, 0.1) is 0 Å². The molecule has 0 bridgehead atoms. The first kappa shape index (κ1) is 11.7. The molecule has 3 heteroatoms. The zero-order valence-electron chi connectivity index (χ0n) is 9.50. The normalized spacial score (nSPS) is 12.3. The Morgan fingerprint density at radius 3 is 2.67 bits per heavy atom. The Bertz CT molecular complexity index is 361. The van der Waals surface area contributed by atoms with E-state index in [1.165, 1.54) is 5.56 Å². The van der Waals surface area contributed by atoms with Crippen LogP contribution in [0.3, 0.4) is 0 Å². The fourth-order valence-corrected chi connectivity index (χ4v) is 1.65. The van der Waals surface area contributed by atoms with Gasteiger partial charge in [-0.05, 0) is 25.0 Å². The van der Waals surface area contributed by atoms with Gasteiger partial charge in [-0.2, -0.15) is 0 Å². The van der Waals surface area contributed by atoms with Gasteiger partial charge >= 0.3 is 0 Å². The number of carbonyl (C=O) groups excluding carboxylic acids is 1. The highest BCUT2D eigenvalue weighted by Gasteiger charge is 2.12. The molecule has 0 aromatic heterocycles. The number of carbonyl (C=O) groups is 1. The van der Waals surface area contributed by atoms with Gasteiger partial charge in [0.1, 0.15) is 0 Å². The van der Waals surface area contributed by atoms with Crippen LogP contribution in [0.1, 0.15) is 29.2 Å². The van der Waals surface area contributed by atoms with Crippen molar-refractivity contribution in [2.45, 2.75) is 26.3 Å². The first-order valence-electron chi connectivity index (χ1n) is 5.08. The van der Waals surface area contributed by atoms with E-state index >= 15 is 0 Å². The Kier molecular flexibility index (Phi) is 3.86. The lowest BCUT2D eigenvalue weighted by molar-refractivity contribution is -0.120. The monoisotopic (exact) mass is 206 g/mol. The van der Waals surface area contributed by atoms with Gasteiger partial charge < -0.3 is 11.1 Å². The molecule has 0 fully saturated rings. The average molecular weight is 206 g/mol. The summed E-state index contributed by atoms with van der Waals surface area (Å²) in [5, 5.41) is 2.58. The Morgan fingerprint density at radius 1 is 1.47 bits per heavy atom. The fraction of sp³-hybridized carbons (Fsp3) is 0.417. The lowest BCUT2D eigenvalue weighted by Gasteiger charge is -2.14. The molecule has 0 heterocycles. The quantitative estimate of drug-likeness (QED) is 0.786. The maximum Gasteiger partial charge on any atom is 0.221 e. The molecule has 1 rings (SSSR count). The number of rotatable bonds is 3. The van der Waals surface area contributed by atoms with Crippen LogP contribution in [0.15, 0.2) is 18.2 Å². The predicted molar refractivity (Wildman–Crippen MR) is 61.5 cm³/mol. The van der Waals surface area contributed by atoms with Crippen LogP contribution in [0.5, 0.6) is 0 Å². The molecule has 0 saturated heterocycles. The third kappa shape index (κ3) is 3.06. The first-order chi connectivity index (χ1) is 7.04. The van der Waals surface area contributed by atoms with Crippen LogP contribution in [0, 0.1) is 13.8 Å². The Hall–Kier alpha value is -1.35. The summed E-state index contributed by atoms with van der Waals surface area (Å²) in [6.45, 7) is 4.06. The topological polar surface area (TPSA) is 55.1 Å². The molecule has 0 spiro atoms. The van der Waals surface area contributed by atoms with Crippen molar-refractivity contribution in [3.05, 3.63) is 34.9 Å². The molecule has 3 nitrogen and oxygen atoms in total. The van der Waals surface area contributed by atoms with Crippen molar-refractivity contribution in [2.24, 2.45) is 5.73 Å². The van der Waals surface area contributed by atoms with E-state index in [2.05, 4.69) is 11.4 Å². The summed E-state index contributed by atoms with van der Waals surface area (Å²) in [7, 11) is 1.62. The number of nitrogens with one attached hydrogen (secondary N) is 1. The largest absolute Gasteiger partial charge is 0.359 e. The second-order valence-corrected chi connectivity index (χ2v) is 3.84. The molecule has 1 aromatic rings. The highest BCUT2D eigenvalue weighted by atomic mass is 16.1. The molecule has 0 aliphatic carbocycles. The molecule has 1 amide bonds. The van der Waals surface area contributed by atoms with E-state index in [0.29, 0.717) is 6.42 Å². The molecule has 0 radical (unpaired) electrons. The second-order valence-electron chi connectivity index (χ2n) is 3.84. The van der Waals surface area contributed by atoms with Crippen LogP contribution >= 0.6 is 0 Å². The van der Waals surface area contributed by atoms with Gasteiger partial charge in [0.15, 0.2) is 0 Å². The molecule has 0 aliphatic heterocycles. The molecule has 15 heavy (non-hydrogen) atoms. The van der Waals surface area contributed by atoms with Crippen LogP contribution in [0.2, 0.25) is 0 Å². The van der Waals surface area contributed by atoms with E-state index in [-0.39, 0.29) is 11.9 Å². The predicted octanol–water partition coefficient (Wildman–Crippen LogP) is 1.44. The fourth-order valence-electron chi connectivity index (χ4n) is 1.65. The van der Waals surface area contributed by atoms with Crippen molar-refractivity contribution in [3.8, 4) is 0 Å². The molecule has 1 unspecified atom stereocenters. The van der Waals surface area contributed by atoms with E-state index in [1.807, 2.05) is 26.0 Å². The number of nitrogens with two attached hydrogens (primary N) is 1. The summed E-state index contributed by atoms with van der Waals surface area (Å²) in [6.07, 6.45) is 0.334. The maximum absolute atomic E-state index is 11.2. The molecule has 1 aromatic carbocycles. The number of aryl methyl sites for hydroxylation is 2. The maximum atomic E-state index is 11.2. The number of amides is 1. The second kappa shape index (κ2) is 4.94. The van der Waals surface area contributed by atoms with Crippen LogP contribution in [0.25, 0.3) is 0 Å². The third-order valence-electron chi connectivity index (χ3n) is 2.51. The van der Waals surface area contributed by atoms with E-state index < -0.39 is 0 Å². The molecule has 3 N–H and O–H groups in total. The summed E-state index contributed by atoms with van der Waals surface area (Å²) in [6, 6.07) is 5.88. The molecule has 82 valence electrons. The van der Waals surface area contributed by atoms with Crippen molar-refractivity contribution in [1.29, 1.82) is 0 Å². The van der Waals surface area contributed by atoms with E-state index in [1.54, 1.807) is 7.05 Å². The number of hydrogen-bond acceptors (Lipinski definition) is 2. The summed E-state index contributed by atoms with van der Waals surface area (Å²) < 4.78 is 0. The molecule has 0 aliphatic rings. The summed E-state index contributed by atoms with van der Waals surface area (Å²) in [4.78, 5) is 11.2. The zero-order valence-corrected chi connectivity index (χ0v) is 9.50. The van der Waals surface area contributed by atoms with Crippen LogP contribution in [0.4, 0.5) is 0 Å². The smallest absolute Gasteiger partial charge is 0.221 e. The van der Waals surface area contributed by atoms with Crippen molar-refractivity contribution >= 4 is 5.91 Å². The Labute approximate surface area is 90.7 Å². The molecule has 1 atom stereocenters. The van der Waals surface area contributed by atoms with Gasteiger partial charge in [0.2, 0.25) is 5.91 Å². The van der Waals surface area contributed by atoms with Crippen LogP contribution in [-0.4, -0.2) is 13.0 Å². The highest BCUT2D eigenvalue weighted by molar-refractivity contribution is 5.76. The molecular weight excluding hydrogens is 188 g/mol. The van der Waals surface area contributed by atoms with Gasteiger partial charge in [0, 0.05) is 19.5 Å². The Morgan fingerprint density at radius 2 is 2.13 bits per heavy atom. The van der Waals surface area contributed by atoms with Gasteiger partial charge in [-0.15, -0.1) is 0 Å². The minimum atomic E-state index is -0.217. The van der Waals surface area contributed by atoms with Crippen LogP contribution < -0.4 is 11.1 Å². The summed E-state index contributed by atoms with van der Waals surface area (Å²) >= 11 is 0. The van der Waals surface area contributed by atoms with Gasteiger partial charge in [-0.1, -0.05) is 23.8 Å². The first-order valence-corrected chi connectivity index (χ1v) is 5.08. The third-order valence-corrected chi connectivity index (χ3v) is 2.51.